The van der Waals surface area contributed by atoms with Crippen LogP contribution in [0.25, 0.3) is 21.3 Å². The van der Waals surface area contributed by atoms with Crippen LogP contribution in [0.15, 0.2) is 40.4 Å². The van der Waals surface area contributed by atoms with E-state index in [1.165, 1.54) is 23.1 Å². The van der Waals surface area contributed by atoms with Crippen LogP contribution < -0.4 is 0 Å². The van der Waals surface area contributed by atoms with E-state index >= 15 is 0 Å². The van der Waals surface area contributed by atoms with Crippen LogP contribution in [0.5, 0.6) is 0 Å². The molecule has 0 aliphatic rings. The Morgan fingerprint density at radius 1 is 1.31 bits per heavy atom. The first kappa shape index (κ1) is 19.8. The topological polar surface area (TPSA) is 87.7 Å². The molecule has 0 aromatic carbocycles. The van der Waals surface area contributed by atoms with Crippen molar-refractivity contribution in [1.29, 1.82) is 0 Å². The predicted molar refractivity (Wildman–Crippen MR) is 114 cm³/mol. The molecule has 4 heterocycles. The average molecular weight is 447 g/mol. The number of thiophene rings is 1. The molecule has 0 amide bonds. The van der Waals surface area contributed by atoms with E-state index in [1.54, 1.807) is 22.2 Å². The summed E-state index contributed by atoms with van der Waals surface area (Å²) in [4.78, 5) is 17.7. The number of rotatable bonds is 8. The monoisotopic (exact) mass is 446 g/mol. The molecule has 8 nitrogen and oxygen atoms in total. The van der Waals surface area contributed by atoms with Crippen molar-refractivity contribution in [3.05, 3.63) is 41.0 Å². The van der Waals surface area contributed by atoms with Crippen molar-refractivity contribution in [3.8, 4) is 21.3 Å². The molecule has 0 atom stereocenters. The number of aryl methyl sites for hydroxylation is 1. The van der Waals surface area contributed by atoms with Crippen molar-refractivity contribution in [2.75, 3.05) is 5.75 Å². The molecule has 0 bridgehead atoms. The van der Waals surface area contributed by atoms with Crippen LogP contribution in [-0.2, 0) is 29.7 Å². The van der Waals surface area contributed by atoms with Crippen molar-refractivity contribution in [3.63, 3.8) is 0 Å². The zero-order chi connectivity index (χ0) is 20.2. The summed E-state index contributed by atoms with van der Waals surface area (Å²) in [5.41, 5.74) is 1.68. The van der Waals surface area contributed by atoms with Gasteiger partial charge in [0.25, 0.3) is 0 Å². The molecule has 0 saturated carbocycles. The zero-order valence-corrected chi connectivity index (χ0v) is 18.3. The molecule has 29 heavy (non-hydrogen) atoms. The van der Waals surface area contributed by atoms with E-state index in [-0.39, 0.29) is 18.3 Å². The Bertz CT molecular complexity index is 1100. The Hall–Kier alpha value is -2.50. The lowest BCUT2D eigenvalue weighted by molar-refractivity contribution is -0.141. The molecule has 11 heteroatoms. The molecule has 0 radical (unpaired) electrons. The minimum Gasteiger partial charge on any atom is -0.459 e. The summed E-state index contributed by atoms with van der Waals surface area (Å²) in [7, 11) is 1.86. The fraction of sp³-hybridized carbons (Fsp3) is 0.278. The van der Waals surface area contributed by atoms with Gasteiger partial charge in [-0.15, -0.1) is 32.9 Å². The number of hydrogen-bond acceptors (Lipinski definition) is 9. The van der Waals surface area contributed by atoms with Crippen molar-refractivity contribution in [2.24, 2.45) is 7.05 Å². The van der Waals surface area contributed by atoms with Gasteiger partial charge in [0.1, 0.15) is 11.6 Å². The van der Waals surface area contributed by atoms with Crippen molar-refractivity contribution in [1.82, 2.24) is 29.5 Å². The van der Waals surface area contributed by atoms with Gasteiger partial charge in [-0.2, -0.15) is 5.10 Å². The quantitative estimate of drug-likeness (QED) is 0.301. The highest BCUT2D eigenvalue weighted by Crippen LogP contribution is 2.27. The number of hydrogen-bond donors (Lipinski definition) is 0. The third kappa shape index (κ3) is 4.57. The second kappa shape index (κ2) is 8.89. The largest absolute Gasteiger partial charge is 0.459 e. The van der Waals surface area contributed by atoms with Gasteiger partial charge >= 0.3 is 5.97 Å². The summed E-state index contributed by atoms with van der Waals surface area (Å²) in [6, 6.07) is 3.99. The Morgan fingerprint density at radius 2 is 2.21 bits per heavy atom. The lowest BCUT2D eigenvalue weighted by Crippen LogP contribution is -2.08. The van der Waals surface area contributed by atoms with Gasteiger partial charge < -0.3 is 9.30 Å². The van der Waals surface area contributed by atoms with Crippen LogP contribution >= 0.6 is 34.4 Å². The molecular weight excluding hydrogens is 428 g/mol. The van der Waals surface area contributed by atoms with Gasteiger partial charge in [-0.05, 0) is 18.4 Å². The van der Waals surface area contributed by atoms with Crippen LogP contribution in [0, 0.1) is 0 Å². The fourth-order valence-corrected chi connectivity index (χ4v) is 4.92. The second-order valence-corrected chi connectivity index (χ2v) is 8.77. The van der Waals surface area contributed by atoms with Crippen molar-refractivity contribution < 1.29 is 9.53 Å². The van der Waals surface area contributed by atoms with Gasteiger partial charge in [0, 0.05) is 30.7 Å². The summed E-state index contributed by atoms with van der Waals surface area (Å²) >= 11 is 4.45. The Balaban J connectivity index is 1.31. The van der Waals surface area contributed by atoms with E-state index < -0.39 is 0 Å². The number of ether oxygens (including phenoxy) is 1. The molecule has 150 valence electrons. The van der Waals surface area contributed by atoms with Crippen LogP contribution in [0.4, 0.5) is 0 Å². The Labute approximate surface area is 179 Å². The van der Waals surface area contributed by atoms with Gasteiger partial charge in [0.2, 0.25) is 0 Å². The minimum atomic E-state index is -0.311. The fourth-order valence-electron chi connectivity index (χ4n) is 2.63. The smallest absolute Gasteiger partial charge is 0.316 e. The molecule has 0 fully saturated rings. The highest BCUT2D eigenvalue weighted by atomic mass is 32.2. The highest BCUT2D eigenvalue weighted by Gasteiger charge is 2.16. The van der Waals surface area contributed by atoms with Crippen LogP contribution in [0.1, 0.15) is 12.6 Å². The molecular formula is C18H18N6O2S3. The number of thioether (sulfide) groups is 1. The number of nitrogens with zero attached hydrogens (tertiary/aromatic N) is 6. The first-order chi connectivity index (χ1) is 14.1. The molecule has 0 saturated heterocycles. The van der Waals surface area contributed by atoms with Gasteiger partial charge in [-0.25, -0.2) is 4.98 Å². The molecule has 4 aromatic heterocycles. The first-order valence-electron chi connectivity index (χ1n) is 8.83. The number of carbonyl (C=O) groups is 1. The Morgan fingerprint density at radius 3 is 2.93 bits per heavy atom. The maximum atomic E-state index is 12.2. The van der Waals surface area contributed by atoms with Gasteiger partial charge in [-0.1, -0.05) is 17.8 Å². The molecule has 0 N–H and O–H groups in total. The first-order valence-corrected chi connectivity index (χ1v) is 11.6. The van der Waals surface area contributed by atoms with Gasteiger partial charge in [-0.3, -0.25) is 9.48 Å². The van der Waals surface area contributed by atoms with Gasteiger partial charge in [0.05, 0.1) is 22.5 Å². The van der Waals surface area contributed by atoms with E-state index in [0.717, 1.165) is 33.5 Å². The molecule has 0 aliphatic carbocycles. The summed E-state index contributed by atoms with van der Waals surface area (Å²) in [5.74, 6) is 0.681. The maximum Gasteiger partial charge on any atom is 0.316 e. The molecule has 0 aliphatic heterocycles. The number of thiazole rings is 1. The van der Waals surface area contributed by atoms with Crippen molar-refractivity contribution in [2.45, 2.75) is 25.2 Å². The molecule has 0 spiro atoms. The number of esters is 1. The SMILES string of the molecule is CCn1c(SCC(=O)OCc2csc(-c3cnn(C)c3)n2)nnc1-c1cccs1. The van der Waals surface area contributed by atoms with Crippen molar-refractivity contribution >= 4 is 40.4 Å². The van der Waals surface area contributed by atoms with Crippen LogP contribution in [0.3, 0.4) is 0 Å². The van der Waals surface area contributed by atoms with E-state index in [2.05, 4.69) is 20.3 Å². The van der Waals surface area contributed by atoms with Crippen LogP contribution in [0.2, 0.25) is 0 Å². The summed E-state index contributed by atoms with van der Waals surface area (Å²) in [6.45, 7) is 2.91. The third-order valence-corrected chi connectivity index (χ3v) is 6.72. The highest BCUT2D eigenvalue weighted by molar-refractivity contribution is 7.99. The summed E-state index contributed by atoms with van der Waals surface area (Å²) < 4.78 is 9.10. The van der Waals surface area contributed by atoms with Gasteiger partial charge in [0.15, 0.2) is 11.0 Å². The predicted octanol–water partition coefficient (Wildman–Crippen LogP) is 3.72. The minimum absolute atomic E-state index is 0.150. The van der Waals surface area contributed by atoms with E-state index in [9.17, 15) is 4.79 Å². The normalized spacial score (nSPS) is 11.1. The zero-order valence-electron chi connectivity index (χ0n) is 15.8. The number of aromatic nitrogens is 6. The van der Waals surface area contributed by atoms with E-state index in [0.29, 0.717) is 5.16 Å². The Kier molecular flexibility index (Phi) is 6.07. The molecule has 0 unspecified atom stereocenters. The second-order valence-electron chi connectivity index (χ2n) is 6.02. The summed E-state index contributed by atoms with van der Waals surface area (Å²) in [6.07, 6.45) is 3.67. The van der Waals surface area contributed by atoms with E-state index in [4.69, 9.17) is 4.74 Å². The van der Waals surface area contributed by atoms with Crippen LogP contribution in [-0.4, -0.2) is 41.3 Å². The van der Waals surface area contributed by atoms with E-state index in [1.807, 2.05) is 47.6 Å². The molecule has 4 rings (SSSR count). The molecule has 4 aromatic rings. The third-order valence-electron chi connectivity index (χ3n) is 3.98. The summed E-state index contributed by atoms with van der Waals surface area (Å²) in [5, 5.41) is 18.1. The lowest BCUT2D eigenvalue weighted by atomic mass is 10.4. The standard InChI is InChI=1S/C18H18N6O2S3/c1-3-24-16(14-5-4-6-27-14)21-22-18(24)29-11-15(25)26-9-13-10-28-17(20-13)12-7-19-23(2)8-12/h4-8,10H,3,9,11H2,1-2H3. The lowest BCUT2D eigenvalue weighted by Gasteiger charge is -2.06. The number of carbonyl (C=O) groups excluding carboxylic acids is 1. The average Bonchev–Trinajstić information content (AvgIpc) is 3.51. The maximum absolute atomic E-state index is 12.2.